The molecule has 0 aromatic heterocycles. The lowest BCUT2D eigenvalue weighted by Crippen LogP contribution is -2.44. The summed E-state index contributed by atoms with van der Waals surface area (Å²) in [6.07, 6.45) is 0. The van der Waals surface area contributed by atoms with Crippen molar-refractivity contribution in [3.63, 3.8) is 0 Å². The van der Waals surface area contributed by atoms with Gasteiger partial charge in [-0.3, -0.25) is 0 Å². The molecular formula is C40H35N. The average molecular weight is 530 g/mol. The molecular weight excluding hydrogens is 494 g/mol. The first kappa shape index (κ1) is 25.4. The Balaban J connectivity index is 1.48. The van der Waals surface area contributed by atoms with E-state index in [1.54, 1.807) is 0 Å². The van der Waals surface area contributed by atoms with Gasteiger partial charge in [-0.05, 0) is 79.9 Å². The first-order chi connectivity index (χ1) is 19.9. The second-order valence-electron chi connectivity index (χ2n) is 12.3. The van der Waals surface area contributed by atoms with Crippen LogP contribution < -0.4 is 4.90 Å². The van der Waals surface area contributed by atoms with Crippen molar-refractivity contribution in [3.05, 3.63) is 151 Å². The van der Waals surface area contributed by atoms with E-state index in [2.05, 4.69) is 172 Å². The highest BCUT2D eigenvalue weighted by Gasteiger charge is 2.47. The molecule has 0 N–H and O–H groups in total. The first-order valence-electron chi connectivity index (χ1n) is 14.5. The summed E-state index contributed by atoms with van der Waals surface area (Å²) in [7, 11) is 0. The van der Waals surface area contributed by atoms with Crippen LogP contribution in [0.4, 0.5) is 17.1 Å². The van der Waals surface area contributed by atoms with Crippen LogP contribution in [0, 0.1) is 0 Å². The van der Waals surface area contributed by atoms with Crippen molar-refractivity contribution in [2.45, 2.75) is 38.5 Å². The summed E-state index contributed by atoms with van der Waals surface area (Å²) >= 11 is 0. The van der Waals surface area contributed by atoms with E-state index in [-0.39, 0.29) is 10.8 Å². The molecule has 1 aliphatic carbocycles. The van der Waals surface area contributed by atoms with Gasteiger partial charge in [0, 0.05) is 16.8 Å². The zero-order valence-corrected chi connectivity index (χ0v) is 24.2. The maximum Gasteiger partial charge on any atom is 0.0505 e. The highest BCUT2D eigenvalue weighted by Crippen LogP contribution is 2.57. The van der Waals surface area contributed by atoms with E-state index in [1.807, 2.05) is 0 Å². The zero-order chi connectivity index (χ0) is 28.2. The molecule has 0 atom stereocenters. The Bertz CT molecular complexity index is 1880. The van der Waals surface area contributed by atoms with E-state index in [4.69, 9.17) is 0 Å². The van der Waals surface area contributed by atoms with E-state index in [9.17, 15) is 0 Å². The van der Waals surface area contributed by atoms with Crippen LogP contribution in [0.15, 0.2) is 140 Å². The van der Waals surface area contributed by atoms with Gasteiger partial charge in [-0.2, -0.15) is 0 Å². The molecule has 6 aromatic carbocycles. The Morgan fingerprint density at radius 2 is 1.05 bits per heavy atom. The lowest BCUT2D eigenvalue weighted by molar-refractivity contribution is 0.299. The van der Waals surface area contributed by atoms with Crippen LogP contribution >= 0.6 is 0 Å². The number of rotatable bonds is 4. The fourth-order valence-corrected chi connectivity index (χ4v) is 6.70. The quantitative estimate of drug-likeness (QED) is 0.219. The van der Waals surface area contributed by atoms with Crippen molar-refractivity contribution in [1.29, 1.82) is 0 Å². The Kier molecular flexibility index (Phi) is 5.87. The third-order valence-electron chi connectivity index (χ3n) is 9.59. The molecule has 0 fully saturated rings. The lowest BCUT2D eigenvalue weighted by Gasteiger charge is -2.50. The maximum atomic E-state index is 2.46. The largest absolute Gasteiger partial charge is 0.310 e. The molecule has 1 nitrogen and oxygen atoms in total. The van der Waals surface area contributed by atoms with Crippen LogP contribution in [0.5, 0.6) is 0 Å². The smallest absolute Gasteiger partial charge is 0.0505 e. The van der Waals surface area contributed by atoms with Crippen LogP contribution in [0.2, 0.25) is 0 Å². The molecule has 0 bridgehead atoms. The second kappa shape index (κ2) is 9.49. The number of benzene rings is 6. The molecule has 1 heteroatoms. The molecule has 1 aliphatic rings. The summed E-state index contributed by atoms with van der Waals surface area (Å²) in [5, 5.41) is 2.49. The van der Waals surface area contributed by atoms with E-state index < -0.39 is 0 Å². The van der Waals surface area contributed by atoms with Crippen molar-refractivity contribution in [3.8, 4) is 22.3 Å². The van der Waals surface area contributed by atoms with Gasteiger partial charge in [0.25, 0.3) is 0 Å². The number of fused-ring (bicyclic) bond motifs is 4. The lowest BCUT2D eigenvalue weighted by atomic mass is 9.55. The molecule has 0 heterocycles. The molecule has 7 rings (SSSR count). The monoisotopic (exact) mass is 529 g/mol. The standard InChI is InChI=1S/C40H35N/c1-39(2)36-19-11-10-17-34(36)35-18-12-20-37(38(35)40(39,3)4)41(33-26-23-29-15-8-9-16-31(29)27-33)32-24-21-30(22-25-32)28-13-6-5-7-14-28/h5-27H,1-4H3. The summed E-state index contributed by atoms with van der Waals surface area (Å²) in [5.74, 6) is 0. The van der Waals surface area contributed by atoms with Crippen molar-refractivity contribution in [2.24, 2.45) is 0 Å². The van der Waals surface area contributed by atoms with Crippen LogP contribution in [0.1, 0.15) is 38.8 Å². The van der Waals surface area contributed by atoms with E-state index in [1.165, 1.54) is 49.8 Å². The summed E-state index contributed by atoms with van der Waals surface area (Å²) in [4.78, 5) is 2.46. The molecule has 0 saturated heterocycles. The molecule has 0 spiro atoms. The summed E-state index contributed by atoms with van der Waals surface area (Å²) in [6, 6.07) is 50.9. The molecule has 0 saturated carbocycles. The van der Waals surface area contributed by atoms with Gasteiger partial charge in [0.2, 0.25) is 0 Å². The summed E-state index contributed by atoms with van der Waals surface area (Å²) in [6.45, 7) is 9.64. The Morgan fingerprint density at radius 3 is 1.83 bits per heavy atom. The van der Waals surface area contributed by atoms with Crippen LogP contribution in [0.3, 0.4) is 0 Å². The van der Waals surface area contributed by atoms with Gasteiger partial charge >= 0.3 is 0 Å². The first-order valence-corrected chi connectivity index (χ1v) is 14.5. The number of anilines is 3. The van der Waals surface area contributed by atoms with Gasteiger partial charge in [-0.1, -0.05) is 137 Å². The minimum Gasteiger partial charge on any atom is -0.310 e. The Hall–Kier alpha value is -4.62. The topological polar surface area (TPSA) is 3.24 Å². The van der Waals surface area contributed by atoms with E-state index in [0.29, 0.717) is 0 Å². The molecule has 200 valence electrons. The average Bonchev–Trinajstić information content (AvgIpc) is 3.01. The van der Waals surface area contributed by atoms with Gasteiger partial charge in [-0.25, -0.2) is 0 Å². The maximum absolute atomic E-state index is 2.46. The second-order valence-corrected chi connectivity index (χ2v) is 12.3. The van der Waals surface area contributed by atoms with Gasteiger partial charge in [-0.15, -0.1) is 0 Å². The minimum absolute atomic E-state index is 0.0566. The van der Waals surface area contributed by atoms with Gasteiger partial charge in [0.15, 0.2) is 0 Å². The van der Waals surface area contributed by atoms with Crippen LogP contribution in [0.25, 0.3) is 33.0 Å². The molecule has 0 radical (unpaired) electrons. The fourth-order valence-electron chi connectivity index (χ4n) is 6.70. The van der Waals surface area contributed by atoms with Crippen molar-refractivity contribution < 1.29 is 0 Å². The highest BCUT2D eigenvalue weighted by molar-refractivity contribution is 5.92. The number of hydrogen-bond acceptors (Lipinski definition) is 1. The Morgan fingerprint density at radius 1 is 0.439 bits per heavy atom. The van der Waals surface area contributed by atoms with Crippen LogP contribution in [-0.2, 0) is 10.8 Å². The predicted molar refractivity (Wildman–Crippen MR) is 176 cm³/mol. The molecule has 0 amide bonds. The van der Waals surface area contributed by atoms with Crippen LogP contribution in [-0.4, -0.2) is 0 Å². The zero-order valence-electron chi connectivity index (χ0n) is 24.2. The Labute approximate surface area is 243 Å². The van der Waals surface area contributed by atoms with Crippen molar-refractivity contribution >= 4 is 27.8 Å². The molecule has 0 unspecified atom stereocenters. The van der Waals surface area contributed by atoms with E-state index >= 15 is 0 Å². The number of hydrogen-bond donors (Lipinski definition) is 0. The third-order valence-corrected chi connectivity index (χ3v) is 9.59. The minimum atomic E-state index is -0.119. The van der Waals surface area contributed by atoms with Crippen molar-refractivity contribution in [2.75, 3.05) is 4.90 Å². The molecule has 41 heavy (non-hydrogen) atoms. The van der Waals surface area contributed by atoms with Crippen molar-refractivity contribution in [1.82, 2.24) is 0 Å². The number of nitrogens with zero attached hydrogens (tertiary/aromatic N) is 1. The molecule has 0 aliphatic heterocycles. The van der Waals surface area contributed by atoms with E-state index in [0.717, 1.165) is 11.4 Å². The fraction of sp³-hybridized carbons (Fsp3) is 0.150. The van der Waals surface area contributed by atoms with Gasteiger partial charge in [0.05, 0.1) is 5.69 Å². The van der Waals surface area contributed by atoms with Gasteiger partial charge in [0.1, 0.15) is 0 Å². The molecule has 6 aromatic rings. The highest BCUT2D eigenvalue weighted by atomic mass is 15.1. The normalized spacial score (nSPS) is 14.7. The van der Waals surface area contributed by atoms with Gasteiger partial charge < -0.3 is 4.90 Å². The third kappa shape index (κ3) is 3.99. The SMILES string of the molecule is CC1(C)c2ccccc2-c2cccc(N(c3ccc(-c4ccccc4)cc3)c3ccc4ccccc4c3)c2C1(C)C. The predicted octanol–water partition coefficient (Wildman–Crippen LogP) is 11.2. The summed E-state index contributed by atoms with van der Waals surface area (Å²) in [5.41, 5.74) is 11.3. The summed E-state index contributed by atoms with van der Waals surface area (Å²) < 4.78 is 0.